The van der Waals surface area contributed by atoms with Crippen LogP contribution in [0.2, 0.25) is 0 Å². The number of nitrogens with zero attached hydrogens (tertiary/aromatic N) is 1. The fourth-order valence-corrected chi connectivity index (χ4v) is 3.99. The van der Waals surface area contributed by atoms with Crippen molar-refractivity contribution in [3.63, 3.8) is 0 Å². The van der Waals surface area contributed by atoms with Gasteiger partial charge in [0.05, 0.1) is 24.1 Å². The van der Waals surface area contributed by atoms with Gasteiger partial charge >= 0.3 is 0 Å². The molecule has 29 heavy (non-hydrogen) atoms. The summed E-state index contributed by atoms with van der Waals surface area (Å²) < 4.78 is 26.4. The van der Waals surface area contributed by atoms with Crippen LogP contribution in [-0.4, -0.2) is 20.6 Å². The van der Waals surface area contributed by atoms with Gasteiger partial charge in [0.25, 0.3) is 5.91 Å². The quantitative estimate of drug-likeness (QED) is 0.652. The smallest absolute Gasteiger partial charge is 0.257 e. The van der Waals surface area contributed by atoms with Crippen molar-refractivity contribution in [1.82, 2.24) is 0 Å². The highest BCUT2D eigenvalue weighted by Crippen LogP contribution is 2.27. The van der Waals surface area contributed by atoms with E-state index < -0.39 is 10.0 Å². The van der Waals surface area contributed by atoms with Crippen LogP contribution in [0.5, 0.6) is 0 Å². The second-order valence-corrected chi connectivity index (χ2v) is 8.88. The molecule has 6 heteroatoms. The number of benzene rings is 3. The fourth-order valence-electron chi connectivity index (χ4n) is 3.09. The lowest BCUT2D eigenvalue weighted by molar-refractivity contribution is 0.102. The molecular weight excluding hydrogens is 384 g/mol. The second kappa shape index (κ2) is 8.49. The molecule has 1 N–H and O–H groups in total. The van der Waals surface area contributed by atoms with E-state index in [1.165, 1.54) is 4.31 Å². The van der Waals surface area contributed by atoms with Crippen molar-refractivity contribution in [2.45, 2.75) is 20.4 Å². The molecule has 0 heterocycles. The van der Waals surface area contributed by atoms with Crippen LogP contribution in [0.1, 0.15) is 27.0 Å². The van der Waals surface area contributed by atoms with E-state index in [0.29, 0.717) is 16.9 Å². The normalized spacial score (nSPS) is 11.1. The van der Waals surface area contributed by atoms with E-state index in [2.05, 4.69) is 5.32 Å². The van der Waals surface area contributed by atoms with Crippen molar-refractivity contribution in [3.05, 3.63) is 95.1 Å². The van der Waals surface area contributed by atoms with E-state index in [1.807, 2.05) is 62.4 Å². The summed E-state index contributed by atoms with van der Waals surface area (Å²) in [5.41, 5.74) is 4.23. The van der Waals surface area contributed by atoms with Crippen molar-refractivity contribution < 1.29 is 13.2 Å². The third kappa shape index (κ3) is 4.84. The van der Waals surface area contributed by atoms with Crippen LogP contribution in [-0.2, 0) is 16.6 Å². The maximum absolute atomic E-state index is 13.0. The first-order valence-corrected chi connectivity index (χ1v) is 11.1. The maximum Gasteiger partial charge on any atom is 0.257 e. The van der Waals surface area contributed by atoms with Crippen molar-refractivity contribution in [2.24, 2.45) is 0 Å². The number of sulfonamides is 1. The van der Waals surface area contributed by atoms with Gasteiger partial charge in [-0.1, -0.05) is 54.6 Å². The Labute approximate surface area is 172 Å². The van der Waals surface area contributed by atoms with Crippen LogP contribution in [0.15, 0.2) is 72.8 Å². The second-order valence-electron chi connectivity index (χ2n) is 6.97. The average Bonchev–Trinajstić information content (AvgIpc) is 2.69. The van der Waals surface area contributed by atoms with Crippen molar-refractivity contribution in [2.75, 3.05) is 15.9 Å². The Morgan fingerprint density at radius 1 is 0.897 bits per heavy atom. The van der Waals surface area contributed by atoms with E-state index in [0.717, 1.165) is 22.9 Å². The third-order valence-corrected chi connectivity index (χ3v) is 5.97. The minimum absolute atomic E-state index is 0.146. The monoisotopic (exact) mass is 408 g/mol. The molecule has 5 nitrogen and oxygen atoms in total. The van der Waals surface area contributed by atoms with E-state index in [4.69, 9.17) is 0 Å². The fraction of sp³-hybridized carbons (Fsp3) is 0.174. The number of anilines is 2. The van der Waals surface area contributed by atoms with Crippen molar-refractivity contribution >= 4 is 27.3 Å². The Bertz CT molecular complexity index is 1130. The van der Waals surface area contributed by atoms with Crippen LogP contribution in [0.25, 0.3) is 0 Å². The number of carbonyl (C=O) groups is 1. The van der Waals surface area contributed by atoms with Crippen LogP contribution in [0.3, 0.4) is 0 Å². The minimum atomic E-state index is -3.61. The van der Waals surface area contributed by atoms with Crippen molar-refractivity contribution in [3.8, 4) is 0 Å². The predicted molar refractivity (Wildman–Crippen MR) is 118 cm³/mol. The summed E-state index contributed by atoms with van der Waals surface area (Å²) in [5.74, 6) is -0.351. The van der Waals surface area contributed by atoms with Gasteiger partial charge in [-0.05, 0) is 48.7 Å². The molecular formula is C23H24N2O3S. The van der Waals surface area contributed by atoms with Gasteiger partial charge in [0, 0.05) is 5.69 Å². The minimum Gasteiger partial charge on any atom is -0.322 e. The zero-order valence-electron chi connectivity index (χ0n) is 16.7. The van der Waals surface area contributed by atoms with E-state index in [9.17, 15) is 13.2 Å². The Morgan fingerprint density at radius 3 is 2.24 bits per heavy atom. The molecule has 0 saturated heterocycles. The first kappa shape index (κ1) is 20.6. The molecule has 0 aromatic heterocycles. The highest BCUT2D eigenvalue weighted by atomic mass is 32.2. The Balaban J connectivity index is 1.99. The number of aryl methyl sites for hydroxylation is 1. The van der Waals surface area contributed by atoms with Gasteiger partial charge in [0.15, 0.2) is 0 Å². The average molecular weight is 409 g/mol. The zero-order chi connectivity index (χ0) is 21.0. The molecule has 3 aromatic carbocycles. The highest BCUT2D eigenvalue weighted by Gasteiger charge is 2.23. The molecule has 0 bridgehead atoms. The molecule has 0 unspecified atom stereocenters. The number of nitrogens with one attached hydrogen (secondary N) is 1. The highest BCUT2D eigenvalue weighted by molar-refractivity contribution is 7.92. The van der Waals surface area contributed by atoms with Gasteiger partial charge in [-0.25, -0.2) is 8.42 Å². The SMILES string of the molecule is Cc1cccc(NC(=O)c2ccccc2N(Cc2ccccc2)S(C)(=O)=O)c1C. The van der Waals surface area contributed by atoms with Crippen LogP contribution in [0, 0.1) is 13.8 Å². The van der Waals surface area contributed by atoms with Crippen molar-refractivity contribution in [1.29, 1.82) is 0 Å². The summed E-state index contributed by atoms with van der Waals surface area (Å²) in [6.07, 6.45) is 1.15. The standard InChI is InChI=1S/C23H24N2O3S/c1-17-10-9-14-21(18(17)2)24-23(26)20-13-7-8-15-22(20)25(29(3,27)28)16-19-11-5-4-6-12-19/h4-15H,16H2,1-3H3,(H,24,26). The Hall–Kier alpha value is -3.12. The first-order valence-electron chi connectivity index (χ1n) is 9.25. The van der Waals surface area contributed by atoms with Gasteiger partial charge < -0.3 is 5.32 Å². The molecule has 0 aliphatic heterocycles. The lowest BCUT2D eigenvalue weighted by atomic mass is 10.1. The maximum atomic E-state index is 13.0. The number of para-hydroxylation sites is 1. The first-order chi connectivity index (χ1) is 13.8. The molecule has 0 aliphatic carbocycles. The molecule has 0 fully saturated rings. The number of rotatable bonds is 6. The van der Waals surface area contributed by atoms with E-state index >= 15 is 0 Å². The summed E-state index contributed by atoms with van der Waals surface area (Å²) in [7, 11) is -3.61. The summed E-state index contributed by atoms with van der Waals surface area (Å²) in [6, 6.07) is 21.7. The lowest BCUT2D eigenvalue weighted by Crippen LogP contribution is -2.31. The largest absolute Gasteiger partial charge is 0.322 e. The Kier molecular flexibility index (Phi) is 6.03. The predicted octanol–water partition coefficient (Wildman–Crippen LogP) is 4.52. The molecule has 1 amide bonds. The van der Waals surface area contributed by atoms with Gasteiger partial charge in [0.2, 0.25) is 10.0 Å². The van der Waals surface area contributed by atoms with Crippen LogP contribution in [0.4, 0.5) is 11.4 Å². The molecule has 3 rings (SSSR count). The molecule has 3 aromatic rings. The van der Waals surface area contributed by atoms with E-state index in [1.54, 1.807) is 24.3 Å². The molecule has 0 aliphatic rings. The zero-order valence-corrected chi connectivity index (χ0v) is 17.5. The van der Waals surface area contributed by atoms with Gasteiger partial charge in [-0.2, -0.15) is 0 Å². The van der Waals surface area contributed by atoms with Crippen LogP contribution < -0.4 is 9.62 Å². The Morgan fingerprint density at radius 2 is 1.55 bits per heavy atom. The topological polar surface area (TPSA) is 66.5 Å². The number of hydrogen-bond donors (Lipinski definition) is 1. The van der Waals surface area contributed by atoms with Gasteiger partial charge in [-0.3, -0.25) is 9.10 Å². The summed E-state index contributed by atoms with van der Waals surface area (Å²) in [5, 5.41) is 2.92. The number of carbonyl (C=O) groups excluding carboxylic acids is 1. The number of hydrogen-bond acceptors (Lipinski definition) is 3. The lowest BCUT2D eigenvalue weighted by Gasteiger charge is -2.25. The van der Waals surface area contributed by atoms with Gasteiger partial charge in [-0.15, -0.1) is 0 Å². The van der Waals surface area contributed by atoms with Gasteiger partial charge in [0.1, 0.15) is 0 Å². The molecule has 0 saturated carbocycles. The summed E-state index contributed by atoms with van der Waals surface area (Å²) in [6.45, 7) is 4.06. The molecule has 0 spiro atoms. The summed E-state index contributed by atoms with van der Waals surface area (Å²) >= 11 is 0. The molecule has 0 radical (unpaired) electrons. The summed E-state index contributed by atoms with van der Waals surface area (Å²) in [4.78, 5) is 13.0. The molecule has 0 atom stereocenters. The molecule has 150 valence electrons. The number of amides is 1. The van der Waals surface area contributed by atoms with Crippen LogP contribution >= 0.6 is 0 Å². The van der Waals surface area contributed by atoms with E-state index in [-0.39, 0.29) is 12.5 Å². The third-order valence-electron chi connectivity index (χ3n) is 4.84.